The van der Waals surface area contributed by atoms with Crippen LogP contribution in [0.15, 0.2) is 12.7 Å². The van der Waals surface area contributed by atoms with Gasteiger partial charge in [-0.25, -0.2) is 0 Å². The summed E-state index contributed by atoms with van der Waals surface area (Å²) in [6, 6.07) is 0. The van der Waals surface area contributed by atoms with Crippen LogP contribution >= 0.6 is 0 Å². The quantitative estimate of drug-likeness (QED) is 0.166. The number of unbranched alkanes of at least 4 members (excludes halogenated alkanes) is 14. The van der Waals surface area contributed by atoms with Gasteiger partial charge in [0.25, 0.3) is 0 Å². The second-order valence-electron chi connectivity index (χ2n) is 6.12. The molecule has 6 heteroatoms. The van der Waals surface area contributed by atoms with Crippen molar-refractivity contribution in [3.05, 3.63) is 12.7 Å². The molecule has 0 aromatic heterocycles. The minimum atomic E-state index is -4.67. The molecule has 0 unspecified atom stereocenters. The van der Waals surface area contributed by atoms with Crippen molar-refractivity contribution in [3.63, 3.8) is 0 Å². The van der Waals surface area contributed by atoms with E-state index >= 15 is 0 Å². The van der Waals surface area contributed by atoms with E-state index in [0.29, 0.717) is 0 Å². The summed E-state index contributed by atoms with van der Waals surface area (Å²) in [5, 5.41) is 0. The Morgan fingerprint density at radius 2 is 0.958 bits per heavy atom. The summed E-state index contributed by atoms with van der Waals surface area (Å²) in [6.45, 7) is 6.05. The maximum absolute atomic E-state index is 8.74. The third kappa shape index (κ3) is 43.3. The van der Waals surface area contributed by atoms with Gasteiger partial charge >= 0.3 is 40.0 Å². The fraction of sp³-hybridized carbons (Fsp3) is 0.889. The van der Waals surface area contributed by atoms with Gasteiger partial charge in [0.15, 0.2) is 0 Å². The van der Waals surface area contributed by atoms with Crippen LogP contribution in [0.5, 0.6) is 0 Å². The van der Waals surface area contributed by atoms with Gasteiger partial charge in [-0.2, -0.15) is 8.42 Å². The molecule has 0 aliphatic carbocycles. The molecule has 0 heterocycles. The summed E-state index contributed by atoms with van der Waals surface area (Å²) in [5.74, 6) is 0. The van der Waals surface area contributed by atoms with E-state index in [1.807, 2.05) is 6.08 Å². The second kappa shape index (κ2) is 23.6. The molecule has 0 saturated heterocycles. The van der Waals surface area contributed by atoms with Gasteiger partial charge in [0.2, 0.25) is 0 Å². The topological polar surface area (TPSA) is 74.6 Å². The number of hydrogen-bond donors (Lipinski definition) is 2. The Balaban J connectivity index is -0.000000639. The average Bonchev–Trinajstić information content (AvgIpc) is 2.46. The standard InChI is InChI=1S/C18H36.Na.H2O4S.H/c1-3-5-7-9-11-13-15-17-18-16-14-12-10-8-6-4-2;;1-5(2,3)4;/h3H,1,4-18H2,2H3;;(H2,1,2,3,4);. The Morgan fingerprint density at radius 1 is 0.708 bits per heavy atom. The molecule has 2 N–H and O–H groups in total. The van der Waals surface area contributed by atoms with Crippen molar-refractivity contribution in [3.8, 4) is 0 Å². The zero-order valence-electron chi connectivity index (χ0n) is 15.0. The van der Waals surface area contributed by atoms with Crippen molar-refractivity contribution in [2.45, 2.75) is 103 Å². The normalized spacial score (nSPS) is 10.5. The van der Waals surface area contributed by atoms with Crippen LogP contribution in [0.1, 0.15) is 103 Å². The molecule has 0 aromatic carbocycles. The van der Waals surface area contributed by atoms with Crippen LogP contribution in [-0.4, -0.2) is 47.1 Å². The third-order valence-corrected chi connectivity index (χ3v) is 3.76. The van der Waals surface area contributed by atoms with Gasteiger partial charge in [-0.3, -0.25) is 9.11 Å². The van der Waals surface area contributed by atoms with Crippen LogP contribution < -0.4 is 0 Å². The van der Waals surface area contributed by atoms with Crippen LogP contribution in [-0.2, 0) is 10.4 Å². The molecule has 0 bridgehead atoms. The van der Waals surface area contributed by atoms with E-state index in [0.717, 1.165) is 0 Å². The summed E-state index contributed by atoms with van der Waals surface area (Å²) in [4.78, 5) is 0. The Labute approximate surface area is 172 Å². The SMILES string of the molecule is C=CCCCCCCCCCCCCCCCC.O=S(=O)(O)O.[NaH]. The summed E-state index contributed by atoms with van der Waals surface area (Å²) < 4.78 is 31.6. The maximum atomic E-state index is 8.74. The molecule has 0 saturated carbocycles. The van der Waals surface area contributed by atoms with Gasteiger partial charge in [-0.15, -0.1) is 6.58 Å². The fourth-order valence-electron chi connectivity index (χ4n) is 2.48. The fourth-order valence-corrected chi connectivity index (χ4v) is 2.48. The van der Waals surface area contributed by atoms with E-state index in [1.165, 1.54) is 96.3 Å². The zero-order chi connectivity index (χ0) is 17.8. The Bertz CT molecular complexity index is 324. The third-order valence-electron chi connectivity index (χ3n) is 3.76. The van der Waals surface area contributed by atoms with Crippen molar-refractivity contribution in [1.29, 1.82) is 0 Å². The van der Waals surface area contributed by atoms with Crippen LogP contribution in [0.3, 0.4) is 0 Å². The van der Waals surface area contributed by atoms with Gasteiger partial charge < -0.3 is 0 Å². The Morgan fingerprint density at radius 3 is 1.21 bits per heavy atom. The van der Waals surface area contributed by atoms with Gasteiger partial charge in [-0.1, -0.05) is 96.5 Å². The van der Waals surface area contributed by atoms with Crippen LogP contribution in [0.2, 0.25) is 0 Å². The molecule has 0 aliphatic heterocycles. The first-order chi connectivity index (χ1) is 10.9. The first-order valence-electron chi connectivity index (χ1n) is 9.22. The minimum absolute atomic E-state index is 0. The summed E-state index contributed by atoms with van der Waals surface area (Å²) in [7, 11) is -4.67. The molecule has 4 nitrogen and oxygen atoms in total. The first kappa shape index (κ1) is 29.4. The van der Waals surface area contributed by atoms with Crippen molar-refractivity contribution in [2.75, 3.05) is 0 Å². The summed E-state index contributed by atoms with van der Waals surface area (Å²) in [6.07, 6.45) is 23.5. The van der Waals surface area contributed by atoms with Gasteiger partial charge in [0.1, 0.15) is 0 Å². The van der Waals surface area contributed by atoms with Gasteiger partial charge in [0.05, 0.1) is 0 Å². The first-order valence-corrected chi connectivity index (χ1v) is 10.6. The molecular weight excluding hydrogens is 335 g/mol. The number of hydrogen-bond acceptors (Lipinski definition) is 2. The molecule has 24 heavy (non-hydrogen) atoms. The predicted molar refractivity (Wildman–Crippen MR) is 106 cm³/mol. The van der Waals surface area contributed by atoms with Crippen LogP contribution in [0.4, 0.5) is 0 Å². The molecule has 0 aromatic rings. The number of allylic oxidation sites excluding steroid dienone is 1. The van der Waals surface area contributed by atoms with E-state index < -0.39 is 10.4 Å². The number of rotatable bonds is 15. The molecular formula is C18H39NaO4S. The molecule has 0 radical (unpaired) electrons. The molecule has 0 rings (SSSR count). The van der Waals surface area contributed by atoms with Crippen LogP contribution in [0, 0.1) is 0 Å². The molecule has 0 aliphatic rings. The monoisotopic (exact) mass is 374 g/mol. The average molecular weight is 375 g/mol. The van der Waals surface area contributed by atoms with Crippen molar-refractivity contribution in [1.82, 2.24) is 0 Å². The predicted octanol–water partition coefficient (Wildman–Crippen LogP) is 5.74. The van der Waals surface area contributed by atoms with Crippen molar-refractivity contribution in [2.24, 2.45) is 0 Å². The van der Waals surface area contributed by atoms with Gasteiger partial charge in [-0.05, 0) is 12.8 Å². The zero-order valence-corrected chi connectivity index (χ0v) is 15.8. The molecule has 0 fully saturated rings. The summed E-state index contributed by atoms with van der Waals surface area (Å²) in [5.41, 5.74) is 0. The van der Waals surface area contributed by atoms with E-state index in [4.69, 9.17) is 17.5 Å². The van der Waals surface area contributed by atoms with Crippen LogP contribution in [0.25, 0.3) is 0 Å². The van der Waals surface area contributed by atoms with Crippen molar-refractivity contribution >= 4 is 40.0 Å². The molecule has 0 amide bonds. The Kier molecular flexibility index (Phi) is 28.9. The van der Waals surface area contributed by atoms with E-state index in [-0.39, 0.29) is 29.6 Å². The summed E-state index contributed by atoms with van der Waals surface area (Å²) >= 11 is 0. The van der Waals surface area contributed by atoms with E-state index in [2.05, 4.69) is 13.5 Å². The van der Waals surface area contributed by atoms with E-state index in [9.17, 15) is 0 Å². The molecule has 0 atom stereocenters. The van der Waals surface area contributed by atoms with E-state index in [1.54, 1.807) is 0 Å². The molecule has 0 spiro atoms. The molecule has 142 valence electrons. The van der Waals surface area contributed by atoms with Crippen molar-refractivity contribution < 1.29 is 17.5 Å². The van der Waals surface area contributed by atoms with Gasteiger partial charge in [0, 0.05) is 0 Å². The Hall–Kier alpha value is 0.610. The second-order valence-corrected chi connectivity index (χ2v) is 7.02.